The summed E-state index contributed by atoms with van der Waals surface area (Å²) in [5, 5.41) is 12.8. The number of rotatable bonds is 8. The summed E-state index contributed by atoms with van der Waals surface area (Å²) in [5.74, 6) is 2.43. The molecular weight excluding hydrogens is 526 g/mol. The molecule has 3 saturated carbocycles. The number of nitrogens with one attached hydrogen (secondary N) is 1. The first-order chi connectivity index (χ1) is 20.0. The van der Waals surface area contributed by atoms with Crippen molar-refractivity contribution in [2.75, 3.05) is 6.54 Å². The van der Waals surface area contributed by atoms with Gasteiger partial charge in [0.2, 0.25) is 0 Å². The minimum absolute atomic E-state index is 0.0329. The van der Waals surface area contributed by atoms with Crippen LogP contribution in [0.25, 0.3) is 0 Å². The molecule has 9 heteroatoms. The Hall–Kier alpha value is -4.19. The van der Waals surface area contributed by atoms with Crippen molar-refractivity contribution in [2.24, 2.45) is 43.2 Å². The summed E-state index contributed by atoms with van der Waals surface area (Å²) in [5.41, 5.74) is 2.14. The van der Waals surface area contributed by atoms with E-state index in [0.717, 1.165) is 17.8 Å². The highest BCUT2D eigenvalue weighted by Gasteiger charge is 2.58. The largest absolute Gasteiger partial charge is 0.356 e. The van der Waals surface area contributed by atoms with Crippen molar-refractivity contribution in [3.63, 3.8) is 0 Å². The number of amides is 1. The molecule has 4 atom stereocenters. The van der Waals surface area contributed by atoms with Crippen LogP contribution < -0.4 is 5.32 Å². The van der Waals surface area contributed by atoms with Gasteiger partial charge >= 0.3 is 0 Å². The Balaban J connectivity index is 1.39. The van der Waals surface area contributed by atoms with Gasteiger partial charge in [-0.2, -0.15) is 5.26 Å². The summed E-state index contributed by atoms with van der Waals surface area (Å²) in [6.45, 7) is 7.68. The Morgan fingerprint density at radius 2 is 1.69 bits per heavy atom. The number of nitrogens with zero attached hydrogens (tertiary/aromatic N) is 6. The Labute approximate surface area is 247 Å². The molecule has 4 fully saturated rings. The Morgan fingerprint density at radius 3 is 2.19 bits per heavy atom. The molecule has 42 heavy (non-hydrogen) atoms. The van der Waals surface area contributed by atoms with Gasteiger partial charge in [-0.1, -0.05) is 20.8 Å². The molecule has 0 spiro atoms. The smallest absolute Gasteiger partial charge is 0.254 e. The van der Waals surface area contributed by atoms with Gasteiger partial charge in [-0.25, -0.2) is 9.97 Å². The van der Waals surface area contributed by atoms with E-state index in [9.17, 15) is 14.9 Å². The van der Waals surface area contributed by atoms with E-state index in [1.54, 1.807) is 55.4 Å². The van der Waals surface area contributed by atoms with Crippen molar-refractivity contribution in [2.45, 2.75) is 52.0 Å². The van der Waals surface area contributed by atoms with Crippen molar-refractivity contribution in [3.8, 4) is 6.07 Å². The first-order valence-corrected chi connectivity index (χ1v) is 14.8. The maximum absolute atomic E-state index is 14.7. The van der Waals surface area contributed by atoms with Gasteiger partial charge in [-0.3, -0.25) is 14.5 Å². The quantitative estimate of drug-likeness (QED) is 0.326. The number of aromatic nitrogens is 4. The average molecular weight is 566 g/mol. The van der Waals surface area contributed by atoms with E-state index < -0.39 is 5.54 Å². The molecule has 1 amide bonds. The number of carbonyl (C=O) groups is 2. The van der Waals surface area contributed by atoms with E-state index in [-0.39, 0.29) is 11.7 Å². The van der Waals surface area contributed by atoms with Crippen molar-refractivity contribution in [1.82, 2.24) is 29.3 Å². The molecule has 4 unspecified atom stereocenters. The fourth-order valence-corrected chi connectivity index (χ4v) is 7.71. The molecule has 2 aromatic heterocycles. The van der Waals surface area contributed by atoms with Gasteiger partial charge in [0.25, 0.3) is 5.91 Å². The molecule has 1 aromatic carbocycles. The van der Waals surface area contributed by atoms with E-state index in [4.69, 9.17) is 0 Å². The summed E-state index contributed by atoms with van der Waals surface area (Å²) in [6, 6.07) is 8.71. The second-order valence-electron chi connectivity index (χ2n) is 13.3. The van der Waals surface area contributed by atoms with E-state index >= 15 is 0 Å². The van der Waals surface area contributed by atoms with Crippen molar-refractivity contribution >= 4 is 11.7 Å². The summed E-state index contributed by atoms with van der Waals surface area (Å²) < 4.78 is 3.87. The summed E-state index contributed by atoms with van der Waals surface area (Å²) in [4.78, 5) is 38.7. The number of imidazole rings is 2. The molecule has 4 aliphatic rings. The molecule has 2 bridgehead atoms. The van der Waals surface area contributed by atoms with E-state index in [1.165, 1.54) is 6.42 Å². The summed E-state index contributed by atoms with van der Waals surface area (Å²) in [6.07, 6.45) is 11.8. The minimum atomic E-state index is -1.02. The predicted molar refractivity (Wildman–Crippen MR) is 158 cm³/mol. The summed E-state index contributed by atoms with van der Waals surface area (Å²) in [7, 11) is 3.86. The van der Waals surface area contributed by atoms with Crippen LogP contribution in [0.3, 0.4) is 0 Å². The van der Waals surface area contributed by atoms with Crippen LogP contribution in [0.5, 0.6) is 0 Å². The second-order valence-corrected chi connectivity index (χ2v) is 13.3. The number of fused-ring (bicyclic) bond motifs is 2. The maximum Gasteiger partial charge on any atom is 0.254 e. The molecule has 3 aliphatic carbocycles. The monoisotopic (exact) mass is 565 g/mol. The number of hydrogen-bond donors (Lipinski definition) is 1. The molecule has 1 aliphatic heterocycles. The number of ketones is 1. The molecule has 9 nitrogen and oxygen atoms in total. The summed E-state index contributed by atoms with van der Waals surface area (Å²) >= 11 is 0. The molecule has 1 saturated heterocycles. The highest BCUT2D eigenvalue weighted by Crippen LogP contribution is 2.63. The van der Waals surface area contributed by atoms with Gasteiger partial charge in [0.05, 0.1) is 24.3 Å². The predicted octanol–water partition coefficient (Wildman–Crippen LogP) is 4.02. The van der Waals surface area contributed by atoms with Crippen LogP contribution in [0.4, 0.5) is 0 Å². The van der Waals surface area contributed by atoms with Gasteiger partial charge in [0.15, 0.2) is 5.78 Å². The maximum atomic E-state index is 14.7. The molecule has 218 valence electrons. The van der Waals surface area contributed by atoms with Gasteiger partial charge in [0.1, 0.15) is 11.4 Å². The third-order valence-electron chi connectivity index (χ3n) is 10.6. The SMILES string of the molecule is CC1C(CN2C(=O)C(Cc3cncn3C)(Cc3cncn3C)N/C2=C\C(=O)c2ccc(C#N)cc2)CC2CC1C2(C)C. The molecule has 3 aromatic rings. The number of aryl methyl sites for hydroxylation is 2. The number of carbonyl (C=O) groups excluding carboxylic acids is 2. The third kappa shape index (κ3) is 4.63. The first-order valence-electron chi connectivity index (χ1n) is 14.8. The lowest BCUT2D eigenvalue weighted by atomic mass is 9.43. The molecule has 7 rings (SSSR count). The first kappa shape index (κ1) is 28.0. The van der Waals surface area contributed by atoms with Gasteiger partial charge in [0, 0.05) is 68.9 Å². The normalized spacial score (nSPS) is 26.5. The number of allylic oxidation sites excluding steroid dienone is 1. The molecular formula is C33H39N7O2. The fourth-order valence-electron chi connectivity index (χ4n) is 7.71. The Morgan fingerprint density at radius 1 is 1.07 bits per heavy atom. The van der Waals surface area contributed by atoms with Gasteiger partial charge in [-0.15, -0.1) is 0 Å². The van der Waals surface area contributed by atoms with Gasteiger partial charge < -0.3 is 14.5 Å². The van der Waals surface area contributed by atoms with Crippen LogP contribution in [0.1, 0.15) is 60.9 Å². The number of hydrogen-bond acceptors (Lipinski definition) is 6. The highest BCUT2D eigenvalue weighted by atomic mass is 16.2. The fraction of sp³-hybridized carbons (Fsp3) is 0.485. The van der Waals surface area contributed by atoms with E-state index in [2.05, 4.69) is 42.1 Å². The lowest BCUT2D eigenvalue weighted by Crippen LogP contribution is -2.57. The standard InChI is InChI=1S/C33H39N7O2/c1-21-24(10-25-11-28(21)32(25,2)3)18-40-30(12-29(41)23-8-6-22(15-34)7-9-23)37-33(31(40)42,13-26-16-35-19-38(26)4)14-27-17-36-20-39(27)5/h6-9,12,16-17,19-21,24-25,28,37H,10-11,13-14,18H2,1-5H3/b30-12+. The number of benzene rings is 1. The zero-order chi connectivity index (χ0) is 29.8. The number of nitriles is 1. The van der Waals surface area contributed by atoms with Crippen LogP contribution in [0.15, 0.2) is 61.2 Å². The van der Waals surface area contributed by atoms with Crippen molar-refractivity contribution < 1.29 is 9.59 Å². The lowest BCUT2D eigenvalue weighted by molar-refractivity contribution is -0.142. The molecule has 3 heterocycles. The lowest BCUT2D eigenvalue weighted by Gasteiger charge is -2.62. The second kappa shape index (κ2) is 10.3. The van der Waals surface area contributed by atoms with Crippen LogP contribution in [-0.2, 0) is 31.7 Å². The Kier molecular flexibility index (Phi) is 6.83. The minimum Gasteiger partial charge on any atom is -0.356 e. The van der Waals surface area contributed by atoms with Crippen LogP contribution in [0.2, 0.25) is 0 Å². The zero-order valence-corrected chi connectivity index (χ0v) is 25.0. The van der Waals surface area contributed by atoms with Crippen LogP contribution >= 0.6 is 0 Å². The Bertz CT molecular complexity index is 1550. The topological polar surface area (TPSA) is 109 Å². The zero-order valence-electron chi connectivity index (χ0n) is 25.0. The van der Waals surface area contributed by atoms with E-state index in [0.29, 0.717) is 65.4 Å². The third-order valence-corrected chi connectivity index (χ3v) is 10.6. The van der Waals surface area contributed by atoms with Crippen LogP contribution in [0, 0.1) is 40.4 Å². The van der Waals surface area contributed by atoms with Crippen molar-refractivity contribution in [1.29, 1.82) is 5.26 Å². The van der Waals surface area contributed by atoms with Crippen LogP contribution in [-0.4, -0.2) is 47.8 Å². The molecule has 1 N–H and O–H groups in total. The highest BCUT2D eigenvalue weighted by molar-refractivity contribution is 6.06. The molecule has 0 radical (unpaired) electrons. The van der Waals surface area contributed by atoms with Gasteiger partial charge in [-0.05, 0) is 66.2 Å². The van der Waals surface area contributed by atoms with Crippen molar-refractivity contribution in [3.05, 3.63) is 83.7 Å². The van der Waals surface area contributed by atoms with E-state index in [1.807, 2.05) is 28.1 Å². The average Bonchev–Trinajstić information content (AvgIpc) is 3.63.